The minimum absolute atomic E-state index is 0. The van der Waals surface area contributed by atoms with Crippen LogP contribution in [0, 0.1) is 5.82 Å². The maximum atomic E-state index is 13.7. The summed E-state index contributed by atoms with van der Waals surface area (Å²) in [6.07, 6.45) is 3.53. The standard InChI is InChI=1S/C20H18ClFN2O.ClH/c21-18-5-6-20(25-14-16-3-1-2-4-19(16)22)17(11-18)13-24-12-15-7-9-23-10-8-15;/h1-11,24H,12-14H2;1H. The number of aromatic nitrogens is 1. The lowest BCUT2D eigenvalue weighted by Gasteiger charge is -2.13. The van der Waals surface area contributed by atoms with E-state index in [1.807, 2.05) is 24.3 Å². The van der Waals surface area contributed by atoms with Crippen molar-refractivity contribution in [3.63, 3.8) is 0 Å². The van der Waals surface area contributed by atoms with Crippen molar-refractivity contribution in [1.29, 1.82) is 0 Å². The zero-order chi connectivity index (χ0) is 17.5. The maximum absolute atomic E-state index is 13.7. The first-order valence-corrected chi connectivity index (χ1v) is 8.34. The second-order valence-corrected chi connectivity index (χ2v) is 6.03. The van der Waals surface area contributed by atoms with Crippen molar-refractivity contribution in [3.8, 4) is 5.75 Å². The second kappa shape index (κ2) is 10.1. The molecule has 136 valence electrons. The van der Waals surface area contributed by atoms with E-state index < -0.39 is 0 Å². The largest absolute Gasteiger partial charge is 0.488 e. The lowest BCUT2D eigenvalue weighted by atomic mass is 10.2. The van der Waals surface area contributed by atoms with Crippen LogP contribution >= 0.6 is 24.0 Å². The normalized spacial score (nSPS) is 10.2. The van der Waals surface area contributed by atoms with Crippen molar-refractivity contribution < 1.29 is 9.13 Å². The highest BCUT2D eigenvalue weighted by Crippen LogP contribution is 2.24. The molecule has 0 bridgehead atoms. The van der Waals surface area contributed by atoms with Crippen molar-refractivity contribution in [1.82, 2.24) is 10.3 Å². The SMILES string of the molecule is Cl.Fc1ccccc1COc1ccc(Cl)cc1CNCc1ccncc1. The van der Waals surface area contributed by atoms with Crippen LogP contribution < -0.4 is 10.1 Å². The number of benzene rings is 2. The third-order valence-corrected chi connectivity index (χ3v) is 3.99. The molecule has 0 fully saturated rings. The van der Waals surface area contributed by atoms with Gasteiger partial charge in [0, 0.05) is 41.6 Å². The molecule has 26 heavy (non-hydrogen) atoms. The number of nitrogens with one attached hydrogen (secondary N) is 1. The summed E-state index contributed by atoms with van der Waals surface area (Å²) in [5.74, 6) is 0.420. The van der Waals surface area contributed by atoms with Crippen LogP contribution in [0.4, 0.5) is 4.39 Å². The molecular formula is C20H19Cl2FN2O. The first-order chi connectivity index (χ1) is 12.2. The number of hydrogen-bond acceptors (Lipinski definition) is 3. The monoisotopic (exact) mass is 392 g/mol. The van der Waals surface area contributed by atoms with Crippen LogP contribution in [0.2, 0.25) is 5.02 Å². The van der Waals surface area contributed by atoms with Gasteiger partial charge in [0.25, 0.3) is 0 Å². The first-order valence-electron chi connectivity index (χ1n) is 7.96. The molecule has 0 unspecified atom stereocenters. The smallest absolute Gasteiger partial charge is 0.129 e. The molecule has 3 aromatic rings. The van der Waals surface area contributed by atoms with E-state index in [1.165, 1.54) is 6.07 Å². The fourth-order valence-corrected chi connectivity index (χ4v) is 2.63. The van der Waals surface area contributed by atoms with Gasteiger partial charge in [0.1, 0.15) is 18.2 Å². The minimum atomic E-state index is -0.270. The number of nitrogens with zero attached hydrogens (tertiary/aromatic N) is 1. The third-order valence-electron chi connectivity index (χ3n) is 3.76. The number of ether oxygens (including phenoxy) is 1. The van der Waals surface area contributed by atoms with Crippen LogP contribution in [-0.2, 0) is 19.7 Å². The van der Waals surface area contributed by atoms with Crippen LogP contribution in [0.25, 0.3) is 0 Å². The average molecular weight is 393 g/mol. The molecule has 0 atom stereocenters. The molecule has 3 nitrogen and oxygen atoms in total. The third kappa shape index (κ3) is 5.70. The van der Waals surface area contributed by atoms with Gasteiger partial charge in [-0.05, 0) is 42.0 Å². The molecule has 0 aliphatic rings. The molecule has 1 heterocycles. The lowest BCUT2D eigenvalue weighted by Crippen LogP contribution is -2.13. The van der Waals surface area contributed by atoms with E-state index in [9.17, 15) is 4.39 Å². The Morgan fingerprint density at radius 2 is 1.73 bits per heavy atom. The van der Waals surface area contributed by atoms with Crippen LogP contribution in [-0.4, -0.2) is 4.98 Å². The molecule has 6 heteroatoms. The molecule has 0 saturated carbocycles. The number of rotatable bonds is 7. The Labute approximate surface area is 163 Å². The summed E-state index contributed by atoms with van der Waals surface area (Å²) in [4.78, 5) is 4.00. The summed E-state index contributed by atoms with van der Waals surface area (Å²) in [7, 11) is 0. The lowest BCUT2D eigenvalue weighted by molar-refractivity contribution is 0.296. The Morgan fingerprint density at radius 1 is 0.962 bits per heavy atom. The minimum Gasteiger partial charge on any atom is -0.488 e. The van der Waals surface area contributed by atoms with Gasteiger partial charge in [0.15, 0.2) is 0 Å². The molecule has 2 aromatic carbocycles. The van der Waals surface area contributed by atoms with Gasteiger partial charge in [-0.15, -0.1) is 12.4 Å². The molecular weight excluding hydrogens is 374 g/mol. The van der Waals surface area contributed by atoms with Crippen LogP contribution in [0.5, 0.6) is 5.75 Å². The molecule has 0 aliphatic heterocycles. The van der Waals surface area contributed by atoms with E-state index in [0.29, 0.717) is 29.4 Å². The summed E-state index contributed by atoms with van der Waals surface area (Å²) >= 11 is 6.10. The highest BCUT2D eigenvalue weighted by atomic mass is 35.5. The van der Waals surface area contributed by atoms with Crippen molar-refractivity contribution in [2.45, 2.75) is 19.7 Å². The van der Waals surface area contributed by atoms with E-state index in [0.717, 1.165) is 11.1 Å². The Kier molecular flexibility index (Phi) is 7.85. The van der Waals surface area contributed by atoms with Gasteiger partial charge >= 0.3 is 0 Å². The fourth-order valence-electron chi connectivity index (χ4n) is 2.44. The number of pyridine rings is 1. The summed E-state index contributed by atoms with van der Waals surface area (Å²) in [5.41, 5.74) is 2.59. The first kappa shape index (κ1) is 20.2. The van der Waals surface area contributed by atoms with Gasteiger partial charge in [-0.25, -0.2) is 4.39 Å². The molecule has 0 saturated heterocycles. The van der Waals surface area contributed by atoms with Gasteiger partial charge in [0.2, 0.25) is 0 Å². The predicted molar refractivity (Wildman–Crippen MR) is 104 cm³/mol. The van der Waals surface area contributed by atoms with Crippen LogP contribution in [0.3, 0.4) is 0 Å². The van der Waals surface area contributed by atoms with Crippen molar-refractivity contribution >= 4 is 24.0 Å². The van der Waals surface area contributed by atoms with Crippen molar-refractivity contribution in [3.05, 3.63) is 94.5 Å². The predicted octanol–water partition coefficient (Wildman–Crippen LogP) is 5.16. The zero-order valence-electron chi connectivity index (χ0n) is 14.0. The molecule has 0 spiro atoms. The summed E-state index contributed by atoms with van der Waals surface area (Å²) in [6, 6.07) is 16.0. The van der Waals surface area contributed by atoms with E-state index >= 15 is 0 Å². The average Bonchev–Trinajstić information content (AvgIpc) is 2.63. The molecule has 0 amide bonds. The molecule has 1 N–H and O–H groups in total. The van der Waals surface area contributed by atoms with Gasteiger partial charge in [-0.3, -0.25) is 4.98 Å². The maximum Gasteiger partial charge on any atom is 0.129 e. The quantitative estimate of drug-likeness (QED) is 0.602. The fraction of sp³-hybridized carbons (Fsp3) is 0.150. The van der Waals surface area contributed by atoms with Gasteiger partial charge in [-0.2, -0.15) is 0 Å². The summed E-state index contributed by atoms with van der Waals surface area (Å²) < 4.78 is 19.5. The van der Waals surface area contributed by atoms with E-state index in [2.05, 4.69) is 10.3 Å². The summed E-state index contributed by atoms with van der Waals surface area (Å²) in [6.45, 7) is 1.48. The highest BCUT2D eigenvalue weighted by molar-refractivity contribution is 6.30. The second-order valence-electron chi connectivity index (χ2n) is 5.59. The molecule has 1 aromatic heterocycles. The van der Waals surface area contributed by atoms with Gasteiger partial charge < -0.3 is 10.1 Å². The number of halogens is 3. The molecule has 0 radical (unpaired) electrons. The zero-order valence-corrected chi connectivity index (χ0v) is 15.6. The van der Waals surface area contributed by atoms with Gasteiger partial charge in [-0.1, -0.05) is 29.8 Å². The Morgan fingerprint density at radius 3 is 2.50 bits per heavy atom. The molecule has 3 rings (SSSR count). The summed E-state index contributed by atoms with van der Waals surface area (Å²) in [5, 5.41) is 3.99. The van der Waals surface area contributed by atoms with E-state index in [1.54, 1.807) is 36.7 Å². The Balaban J connectivity index is 0.00000243. The Bertz CT molecular complexity index is 831. The van der Waals surface area contributed by atoms with E-state index in [4.69, 9.17) is 16.3 Å². The Hall–Kier alpha value is -2.14. The van der Waals surface area contributed by atoms with E-state index in [-0.39, 0.29) is 24.8 Å². The van der Waals surface area contributed by atoms with Crippen molar-refractivity contribution in [2.75, 3.05) is 0 Å². The molecule has 0 aliphatic carbocycles. The topological polar surface area (TPSA) is 34.1 Å². The van der Waals surface area contributed by atoms with Crippen LogP contribution in [0.15, 0.2) is 67.0 Å². The number of hydrogen-bond donors (Lipinski definition) is 1. The van der Waals surface area contributed by atoms with Crippen molar-refractivity contribution in [2.24, 2.45) is 0 Å². The highest BCUT2D eigenvalue weighted by Gasteiger charge is 2.07. The van der Waals surface area contributed by atoms with Crippen LogP contribution in [0.1, 0.15) is 16.7 Å². The van der Waals surface area contributed by atoms with Gasteiger partial charge in [0.05, 0.1) is 0 Å².